The predicted molar refractivity (Wildman–Crippen MR) is 191 cm³/mol. The maximum absolute atomic E-state index is 12.6. The summed E-state index contributed by atoms with van der Waals surface area (Å²) >= 11 is 0. The van der Waals surface area contributed by atoms with E-state index in [1.165, 1.54) is 70.6 Å². The van der Waals surface area contributed by atoms with Gasteiger partial charge < -0.3 is 19.5 Å². The van der Waals surface area contributed by atoms with Crippen LogP contribution in [0.4, 0.5) is 0 Å². The molecule has 0 radical (unpaired) electrons. The fourth-order valence-electron chi connectivity index (χ4n) is 5.83. The zero-order valence-electron chi connectivity index (χ0n) is 30.8. The van der Waals surface area contributed by atoms with E-state index in [1.807, 2.05) is 13.8 Å². The number of nitrogens with zero attached hydrogens (tertiary/aromatic N) is 1. The Morgan fingerprint density at radius 3 is 1.69 bits per heavy atom. The topological polar surface area (TPSA) is 76.1 Å². The van der Waals surface area contributed by atoms with Crippen molar-refractivity contribution in [2.75, 3.05) is 39.5 Å². The van der Waals surface area contributed by atoms with Crippen LogP contribution in [-0.2, 0) is 19.1 Å². The average Bonchev–Trinajstić information content (AvgIpc) is 3.00. The Morgan fingerprint density at radius 1 is 0.622 bits per heavy atom. The monoisotopic (exact) mass is 640 g/mol. The quantitative estimate of drug-likeness (QED) is 0.0558. The standard InChI is InChI=1S/C39H77NO5/c1-6-7-8-9-10-14-21-28-37(42)44-34-25-19-12-16-23-30-40(32-33-41)31-24-17-15-22-29-39(4,5)38(43)45-35-26-18-11-13-20-27-36(2)3/h36,41H,6-35H2,1-5H3. The van der Waals surface area contributed by atoms with Crippen molar-refractivity contribution in [3.63, 3.8) is 0 Å². The number of aliphatic hydroxyl groups excluding tert-OH is 1. The summed E-state index contributed by atoms with van der Waals surface area (Å²) in [4.78, 5) is 26.9. The van der Waals surface area contributed by atoms with E-state index in [1.54, 1.807) is 0 Å². The first-order valence-corrected chi connectivity index (χ1v) is 19.4. The first kappa shape index (κ1) is 43.9. The molecule has 0 heterocycles. The van der Waals surface area contributed by atoms with Crippen LogP contribution in [0.1, 0.15) is 189 Å². The van der Waals surface area contributed by atoms with Gasteiger partial charge in [-0.15, -0.1) is 0 Å². The third-order valence-electron chi connectivity index (χ3n) is 9.02. The summed E-state index contributed by atoms with van der Waals surface area (Å²) in [5.41, 5.74) is -0.408. The minimum atomic E-state index is -0.408. The molecule has 0 spiro atoms. The second-order valence-electron chi connectivity index (χ2n) is 14.6. The third kappa shape index (κ3) is 30.0. The Hall–Kier alpha value is -1.14. The molecule has 0 aliphatic carbocycles. The molecule has 0 aromatic heterocycles. The number of esters is 2. The van der Waals surface area contributed by atoms with E-state index < -0.39 is 5.41 Å². The van der Waals surface area contributed by atoms with Crippen LogP contribution in [0.3, 0.4) is 0 Å². The molecule has 268 valence electrons. The molecule has 45 heavy (non-hydrogen) atoms. The smallest absolute Gasteiger partial charge is 0.311 e. The summed E-state index contributed by atoms with van der Waals surface area (Å²) in [7, 11) is 0. The fourth-order valence-corrected chi connectivity index (χ4v) is 5.83. The first-order chi connectivity index (χ1) is 21.7. The van der Waals surface area contributed by atoms with E-state index in [-0.39, 0.29) is 18.5 Å². The number of ether oxygens (including phenoxy) is 2. The summed E-state index contributed by atoms with van der Waals surface area (Å²) in [5.74, 6) is 0.718. The van der Waals surface area contributed by atoms with E-state index in [9.17, 15) is 14.7 Å². The largest absolute Gasteiger partial charge is 0.466 e. The van der Waals surface area contributed by atoms with Gasteiger partial charge in [0, 0.05) is 13.0 Å². The van der Waals surface area contributed by atoms with Gasteiger partial charge in [0.2, 0.25) is 0 Å². The lowest BCUT2D eigenvalue weighted by Crippen LogP contribution is -2.29. The molecule has 0 bridgehead atoms. The second kappa shape index (κ2) is 31.5. The Morgan fingerprint density at radius 2 is 1.11 bits per heavy atom. The first-order valence-electron chi connectivity index (χ1n) is 19.4. The van der Waals surface area contributed by atoms with E-state index >= 15 is 0 Å². The molecule has 0 saturated heterocycles. The van der Waals surface area contributed by atoms with Crippen LogP contribution in [0.15, 0.2) is 0 Å². The molecule has 6 heteroatoms. The van der Waals surface area contributed by atoms with E-state index in [0.717, 1.165) is 103 Å². The van der Waals surface area contributed by atoms with Crippen molar-refractivity contribution < 1.29 is 24.2 Å². The van der Waals surface area contributed by atoms with Crippen LogP contribution in [-0.4, -0.2) is 61.4 Å². The van der Waals surface area contributed by atoms with Crippen LogP contribution >= 0.6 is 0 Å². The molecule has 6 nitrogen and oxygen atoms in total. The van der Waals surface area contributed by atoms with Crippen LogP contribution < -0.4 is 0 Å². The number of aliphatic hydroxyl groups is 1. The number of rotatable bonds is 34. The van der Waals surface area contributed by atoms with Gasteiger partial charge >= 0.3 is 11.9 Å². The van der Waals surface area contributed by atoms with Crippen molar-refractivity contribution in [1.29, 1.82) is 0 Å². The summed E-state index contributed by atoms with van der Waals surface area (Å²) in [6, 6.07) is 0. The maximum Gasteiger partial charge on any atom is 0.311 e. The Kier molecular flexibility index (Phi) is 30.7. The molecule has 0 aliphatic heterocycles. The van der Waals surface area contributed by atoms with Gasteiger partial charge in [0.25, 0.3) is 0 Å². The summed E-state index contributed by atoms with van der Waals surface area (Å²) in [5, 5.41) is 9.49. The van der Waals surface area contributed by atoms with Crippen LogP contribution in [0.2, 0.25) is 0 Å². The molecule has 0 atom stereocenters. The summed E-state index contributed by atoms with van der Waals surface area (Å²) in [6.45, 7) is 15.0. The van der Waals surface area contributed by atoms with Crippen molar-refractivity contribution in [3.05, 3.63) is 0 Å². The third-order valence-corrected chi connectivity index (χ3v) is 9.02. The number of carbonyl (C=O) groups is 2. The van der Waals surface area contributed by atoms with Gasteiger partial charge in [0.1, 0.15) is 0 Å². The molecular formula is C39H77NO5. The Balaban J connectivity index is 3.75. The molecule has 0 unspecified atom stereocenters. The number of carbonyl (C=O) groups excluding carboxylic acids is 2. The molecule has 0 saturated carbocycles. The maximum atomic E-state index is 12.6. The van der Waals surface area contributed by atoms with Crippen molar-refractivity contribution in [3.8, 4) is 0 Å². The lowest BCUT2D eigenvalue weighted by atomic mass is 9.87. The van der Waals surface area contributed by atoms with Gasteiger partial charge in [-0.2, -0.15) is 0 Å². The summed E-state index contributed by atoms with van der Waals surface area (Å²) < 4.78 is 11.0. The van der Waals surface area contributed by atoms with Crippen molar-refractivity contribution in [1.82, 2.24) is 4.90 Å². The normalized spacial score (nSPS) is 11.9. The lowest BCUT2D eigenvalue weighted by molar-refractivity contribution is -0.154. The van der Waals surface area contributed by atoms with E-state index in [0.29, 0.717) is 19.6 Å². The molecule has 0 aromatic rings. The van der Waals surface area contributed by atoms with E-state index in [4.69, 9.17) is 9.47 Å². The van der Waals surface area contributed by atoms with Crippen LogP contribution in [0.5, 0.6) is 0 Å². The number of hydrogen-bond donors (Lipinski definition) is 1. The van der Waals surface area contributed by atoms with Crippen molar-refractivity contribution in [2.45, 2.75) is 189 Å². The highest BCUT2D eigenvalue weighted by Crippen LogP contribution is 2.26. The minimum Gasteiger partial charge on any atom is -0.466 e. The molecule has 1 N–H and O–H groups in total. The van der Waals surface area contributed by atoms with Gasteiger partial charge in [-0.3, -0.25) is 9.59 Å². The lowest BCUT2D eigenvalue weighted by Gasteiger charge is -2.23. The zero-order valence-corrected chi connectivity index (χ0v) is 30.8. The molecule has 0 aromatic carbocycles. The Bertz CT molecular complexity index is 666. The highest BCUT2D eigenvalue weighted by Gasteiger charge is 2.28. The van der Waals surface area contributed by atoms with E-state index in [2.05, 4.69) is 25.7 Å². The second-order valence-corrected chi connectivity index (χ2v) is 14.6. The predicted octanol–water partition coefficient (Wildman–Crippen LogP) is 10.4. The average molecular weight is 640 g/mol. The van der Waals surface area contributed by atoms with Gasteiger partial charge in [-0.25, -0.2) is 0 Å². The van der Waals surface area contributed by atoms with Crippen LogP contribution in [0.25, 0.3) is 0 Å². The van der Waals surface area contributed by atoms with Gasteiger partial charge in [0.05, 0.1) is 25.2 Å². The number of hydrogen-bond acceptors (Lipinski definition) is 6. The fraction of sp³-hybridized carbons (Fsp3) is 0.949. The molecule has 0 fully saturated rings. The molecule has 0 rings (SSSR count). The zero-order chi connectivity index (χ0) is 33.4. The highest BCUT2D eigenvalue weighted by atomic mass is 16.5. The SMILES string of the molecule is CCCCCCCCCC(=O)OCCCCCCCN(CCO)CCCCCCC(C)(C)C(=O)OCCCCCCCC(C)C. The van der Waals surface area contributed by atoms with Gasteiger partial charge in [-0.05, 0) is 71.4 Å². The molecule has 0 amide bonds. The Labute approximate surface area is 280 Å². The molecular weight excluding hydrogens is 562 g/mol. The van der Waals surface area contributed by atoms with Crippen LogP contribution in [0, 0.1) is 11.3 Å². The minimum absolute atomic E-state index is 0.0294. The summed E-state index contributed by atoms with van der Waals surface area (Å²) in [6.07, 6.45) is 27.3. The highest BCUT2D eigenvalue weighted by molar-refractivity contribution is 5.75. The number of unbranched alkanes of at least 4 members (excludes halogenated alkanes) is 17. The van der Waals surface area contributed by atoms with Gasteiger partial charge in [0.15, 0.2) is 0 Å². The molecule has 0 aliphatic rings. The van der Waals surface area contributed by atoms with Crippen molar-refractivity contribution in [2.24, 2.45) is 11.3 Å². The van der Waals surface area contributed by atoms with Crippen molar-refractivity contribution >= 4 is 11.9 Å². The van der Waals surface area contributed by atoms with Gasteiger partial charge in [-0.1, -0.05) is 130 Å².